The van der Waals surface area contributed by atoms with E-state index in [0.717, 1.165) is 63.1 Å². The van der Waals surface area contributed by atoms with E-state index in [1.54, 1.807) is 6.07 Å². The van der Waals surface area contributed by atoms with Crippen molar-refractivity contribution in [2.24, 2.45) is 11.8 Å². The van der Waals surface area contributed by atoms with E-state index in [-0.39, 0.29) is 24.2 Å². The number of hydrogen-bond acceptors (Lipinski definition) is 6. The third-order valence-corrected chi connectivity index (χ3v) is 8.47. The summed E-state index contributed by atoms with van der Waals surface area (Å²) in [6, 6.07) is 14.8. The third-order valence-electron chi connectivity index (χ3n) is 7.66. The van der Waals surface area contributed by atoms with Crippen LogP contribution in [0.3, 0.4) is 0 Å². The molecule has 1 aliphatic rings. The van der Waals surface area contributed by atoms with E-state index in [0.29, 0.717) is 40.3 Å². The number of hydrogen-bond donors (Lipinski definition) is 0. The minimum atomic E-state index is -0.257. The van der Waals surface area contributed by atoms with Crippen molar-refractivity contribution in [2.75, 3.05) is 44.2 Å². The average Bonchev–Trinajstić information content (AvgIpc) is 2.96. The fourth-order valence-electron chi connectivity index (χ4n) is 5.31. The van der Waals surface area contributed by atoms with Gasteiger partial charge in [0.25, 0.3) is 5.56 Å². The summed E-state index contributed by atoms with van der Waals surface area (Å²) >= 11 is 12.6. The highest BCUT2D eigenvalue weighted by atomic mass is 35.5. The van der Waals surface area contributed by atoms with Crippen molar-refractivity contribution >= 4 is 45.8 Å². The molecular formula is C32H41Cl2N3O4. The van der Waals surface area contributed by atoms with Crippen molar-refractivity contribution in [1.82, 2.24) is 9.47 Å². The largest absolute Gasteiger partial charge is 0.494 e. The number of unbranched alkanes of at least 4 members (excludes halogenated alkanes) is 1. The first-order valence-electron chi connectivity index (χ1n) is 14.6. The zero-order valence-corrected chi connectivity index (χ0v) is 25.8. The van der Waals surface area contributed by atoms with Gasteiger partial charge in [-0.1, -0.05) is 50.0 Å². The molecule has 1 fully saturated rings. The van der Waals surface area contributed by atoms with Gasteiger partial charge in [-0.2, -0.15) is 0 Å². The van der Waals surface area contributed by atoms with Crippen LogP contribution in [-0.4, -0.2) is 54.8 Å². The lowest BCUT2D eigenvalue weighted by Gasteiger charge is -2.36. The van der Waals surface area contributed by atoms with Crippen molar-refractivity contribution < 1.29 is 14.3 Å². The van der Waals surface area contributed by atoms with Crippen LogP contribution in [0.15, 0.2) is 53.3 Å². The molecule has 0 radical (unpaired) electrons. The number of pyridine rings is 1. The van der Waals surface area contributed by atoms with Gasteiger partial charge in [0.1, 0.15) is 5.75 Å². The van der Waals surface area contributed by atoms with Crippen molar-refractivity contribution in [3.8, 4) is 5.75 Å². The molecule has 41 heavy (non-hydrogen) atoms. The standard InChI is InChI=1S/C32H41Cl2N3O4/c1-4-24(20-23(2)3)32(39)41-22-37-29-21-26(12-10-25(29)11-13-30(37)38)40-19-6-5-14-35-15-17-36(18-16-35)28-9-7-8-27(33)31(28)34/h7-13,21,23-24H,4-6,14-20,22H2,1-3H3. The maximum Gasteiger partial charge on any atom is 0.310 e. The Labute approximate surface area is 252 Å². The lowest BCUT2D eigenvalue weighted by atomic mass is 9.95. The van der Waals surface area contributed by atoms with Crippen LogP contribution in [-0.2, 0) is 16.3 Å². The number of ether oxygens (including phenoxy) is 2. The van der Waals surface area contributed by atoms with Gasteiger partial charge in [-0.05, 0) is 73.9 Å². The summed E-state index contributed by atoms with van der Waals surface area (Å²) in [5, 5.41) is 2.10. The SMILES string of the molecule is CCC(CC(C)C)C(=O)OCn1c(=O)ccc2ccc(OCCCCN3CCN(c4cccc(Cl)c4Cl)CC3)cc21. The second-order valence-electron chi connectivity index (χ2n) is 11.1. The monoisotopic (exact) mass is 601 g/mol. The Bertz CT molecular complexity index is 1370. The van der Waals surface area contributed by atoms with Crippen LogP contribution < -0.4 is 15.2 Å². The maximum absolute atomic E-state index is 12.7. The lowest BCUT2D eigenvalue weighted by molar-refractivity contribution is -0.153. The van der Waals surface area contributed by atoms with E-state index in [4.69, 9.17) is 32.7 Å². The summed E-state index contributed by atoms with van der Waals surface area (Å²) in [6.07, 6.45) is 3.44. The first-order chi connectivity index (χ1) is 19.8. The topological polar surface area (TPSA) is 64.0 Å². The molecule has 7 nitrogen and oxygen atoms in total. The number of benzene rings is 2. The van der Waals surface area contributed by atoms with Gasteiger partial charge in [0.05, 0.1) is 33.8 Å². The Hall–Kier alpha value is -2.74. The smallest absolute Gasteiger partial charge is 0.310 e. The van der Waals surface area contributed by atoms with E-state index in [2.05, 4.69) is 23.6 Å². The quantitative estimate of drug-likeness (QED) is 0.157. The molecule has 1 aromatic heterocycles. The Balaban J connectivity index is 1.25. The normalized spacial score (nSPS) is 14.9. The minimum absolute atomic E-state index is 0.107. The molecule has 1 atom stereocenters. The summed E-state index contributed by atoms with van der Waals surface area (Å²) < 4.78 is 13.1. The van der Waals surface area contributed by atoms with Crippen molar-refractivity contribution in [3.05, 3.63) is 68.9 Å². The number of anilines is 1. The number of fused-ring (bicyclic) bond motifs is 1. The highest BCUT2D eigenvalue weighted by Crippen LogP contribution is 2.33. The second-order valence-corrected chi connectivity index (χ2v) is 11.9. The molecule has 0 N–H and O–H groups in total. The molecular weight excluding hydrogens is 561 g/mol. The number of rotatable bonds is 13. The molecule has 1 unspecified atom stereocenters. The van der Waals surface area contributed by atoms with Gasteiger partial charge in [0, 0.05) is 38.3 Å². The molecule has 2 aromatic carbocycles. The first kappa shape index (κ1) is 31.2. The number of carbonyl (C=O) groups excluding carboxylic acids is 1. The fraction of sp³-hybridized carbons (Fsp3) is 0.500. The van der Waals surface area contributed by atoms with E-state index >= 15 is 0 Å². The maximum atomic E-state index is 12.7. The van der Waals surface area contributed by atoms with Crippen LogP contribution in [0.25, 0.3) is 10.9 Å². The first-order valence-corrected chi connectivity index (χ1v) is 15.4. The number of piperazine rings is 1. The van der Waals surface area contributed by atoms with Gasteiger partial charge in [-0.3, -0.25) is 19.1 Å². The van der Waals surface area contributed by atoms with E-state index in [1.807, 2.05) is 43.3 Å². The van der Waals surface area contributed by atoms with Crippen LogP contribution >= 0.6 is 23.2 Å². The summed E-state index contributed by atoms with van der Waals surface area (Å²) in [7, 11) is 0. The van der Waals surface area contributed by atoms with Gasteiger partial charge in [0.2, 0.25) is 0 Å². The molecule has 1 saturated heterocycles. The zero-order valence-electron chi connectivity index (χ0n) is 24.3. The number of esters is 1. The number of carbonyl (C=O) groups is 1. The van der Waals surface area contributed by atoms with Crippen LogP contribution in [0.5, 0.6) is 5.75 Å². The van der Waals surface area contributed by atoms with Crippen molar-refractivity contribution in [2.45, 2.75) is 53.2 Å². The van der Waals surface area contributed by atoms with E-state index < -0.39 is 0 Å². The van der Waals surface area contributed by atoms with Crippen LogP contribution in [0.2, 0.25) is 10.0 Å². The Kier molecular flexibility index (Phi) is 11.4. The number of nitrogens with zero attached hydrogens (tertiary/aromatic N) is 3. The predicted octanol–water partition coefficient (Wildman–Crippen LogP) is 6.86. The van der Waals surface area contributed by atoms with Crippen LogP contribution in [0.4, 0.5) is 5.69 Å². The fourth-order valence-corrected chi connectivity index (χ4v) is 5.73. The molecule has 0 bridgehead atoms. The average molecular weight is 603 g/mol. The zero-order chi connectivity index (χ0) is 29.4. The van der Waals surface area contributed by atoms with Crippen LogP contribution in [0.1, 0.15) is 46.5 Å². The Morgan fingerprint density at radius 3 is 2.49 bits per heavy atom. The third kappa shape index (κ3) is 8.40. The highest BCUT2D eigenvalue weighted by Gasteiger charge is 2.21. The van der Waals surface area contributed by atoms with E-state index in [9.17, 15) is 9.59 Å². The second kappa shape index (κ2) is 14.9. The van der Waals surface area contributed by atoms with Crippen molar-refractivity contribution in [1.29, 1.82) is 0 Å². The number of halogens is 2. The number of aromatic nitrogens is 1. The molecule has 4 rings (SSSR count). The van der Waals surface area contributed by atoms with Gasteiger partial charge in [-0.15, -0.1) is 0 Å². The molecule has 222 valence electrons. The highest BCUT2D eigenvalue weighted by molar-refractivity contribution is 6.43. The van der Waals surface area contributed by atoms with Gasteiger partial charge < -0.3 is 14.4 Å². The molecule has 0 aliphatic carbocycles. The molecule has 2 heterocycles. The van der Waals surface area contributed by atoms with Gasteiger partial charge >= 0.3 is 5.97 Å². The molecule has 1 aliphatic heterocycles. The summed E-state index contributed by atoms with van der Waals surface area (Å²) in [6.45, 7) is 11.5. The predicted molar refractivity (Wildman–Crippen MR) is 167 cm³/mol. The lowest BCUT2D eigenvalue weighted by Crippen LogP contribution is -2.46. The van der Waals surface area contributed by atoms with Crippen molar-refractivity contribution in [3.63, 3.8) is 0 Å². The minimum Gasteiger partial charge on any atom is -0.494 e. The summed E-state index contributed by atoms with van der Waals surface area (Å²) in [4.78, 5) is 30.1. The summed E-state index contributed by atoms with van der Waals surface area (Å²) in [5.41, 5.74) is 1.48. The molecule has 0 spiro atoms. The molecule has 3 aromatic rings. The van der Waals surface area contributed by atoms with Gasteiger partial charge in [0.15, 0.2) is 6.73 Å². The molecule has 0 amide bonds. The Morgan fingerprint density at radius 2 is 1.76 bits per heavy atom. The van der Waals surface area contributed by atoms with E-state index in [1.165, 1.54) is 10.6 Å². The van der Waals surface area contributed by atoms with Gasteiger partial charge in [-0.25, -0.2) is 0 Å². The summed E-state index contributed by atoms with van der Waals surface area (Å²) in [5.74, 6) is 0.676. The molecule has 0 saturated carbocycles. The molecule has 9 heteroatoms. The Morgan fingerprint density at radius 1 is 1.00 bits per heavy atom. The van der Waals surface area contributed by atoms with Crippen LogP contribution in [0, 0.1) is 11.8 Å².